The first-order chi connectivity index (χ1) is 39.5. The summed E-state index contributed by atoms with van der Waals surface area (Å²) in [4.78, 5) is 72.0. The molecular weight excluding hydrogens is 1170 g/mol. The summed E-state index contributed by atoms with van der Waals surface area (Å²) in [6, 6.07) is 30.2. The second-order valence-electron chi connectivity index (χ2n) is 22.3. The molecule has 0 aliphatic carbocycles. The Morgan fingerprint density at radius 1 is 0.639 bits per heavy atom. The minimum absolute atomic E-state index is 0.0312. The summed E-state index contributed by atoms with van der Waals surface area (Å²) < 4.78 is 10.1. The first kappa shape index (κ1) is 63.9. The molecule has 2 N–H and O–H groups in total. The quantitative estimate of drug-likeness (QED) is 0.109. The number of aliphatic imine (C=N–C) groups is 2. The molecular formula is C62H74Cl4N8O7S2. The van der Waals surface area contributed by atoms with Crippen LogP contribution in [0.25, 0.3) is 0 Å². The van der Waals surface area contributed by atoms with Gasteiger partial charge in [0.15, 0.2) is 10.3 Å². The maximum absolute atomic E-state index is 14.2. The van der Waals surface area contributed by atoms with Gasteiger partial charge in [-0.3, -0.25) is 14.4 Å². The van der Waals surface area contributed by atoms with Crippen LogP contribution in [-0.2, 0) is 39.7 Å². The van der Waals surface area contributed by atoms with Gasteiger partial charge in [-0.15, -0.1) is 0 Å². The Morgan fingerprint density at radius 3 is 1.45 bits per heavy atom. The number of carboxylic acid groups (broad SMARTS) is 1. The molecule has 4 aromatic carbocycles. The lowest BCUT2D eigenvalue weighted by Gasteiger charge is -2.37. The Morgan fingerprint density at radius 2 is 1.05 bits per heavy atom. The van der Waals surface area contributed by atoms with Gasteiger partial charge in [0, 0.05) is 79.4 Å². The van der Waals surface area contributed by atoms with Crippen LogP contribution in [0.2, 0.25) is 20.1 Å². The second kappa shape index (κ2) is 27.5. The van der Waals surface area contributed by atoms with Gasteiger partial charge >= 0.3 is 5.97 Å². The molecule has 2 saturated heterocycles. The summed E-state index contributed by atoms with van der Waals surface area (Å²) in [5.74, 6) is -0.806. The SMILES string of the molecule is CC(C)C1=C(C(=O)O)SC2=N[C@@](C)(c3ccc(Cl)cc3)[C@@H](c3ccc(Cl)cc3)N21.COCCN(C)C(=O)[C@@H]1CCCN1.COCCN(C)C(=O)[C@@H]1CCCN1C(=O)C1=C(C(C)C)N2C(=N[C@@](C)(c3ccc(Cl)cc3)[C@H]2c2ccc(Cl)cc2)S1. The zero-order valence-electron chi connectivity index (χ0n) is 48.6. The zero-order chi connectivity index (χ0) is 60.1. The minimum atomic E-state index is -0.918. The Bertz CT molecular complexity index is 3140. The fraction of sp³-hybridized carbons (Fsp3) is 0.452. The van der Waals surface area contributed by atoms with E-state index in [9.17, 15) is 24.3 Å². The number of aliphatic carboxylic acids is 1. The van der Waals surface area contributed by atoms with Gasteiger partial charge in [-0.2, -0.15) is 0 Å². The highest BCUT2D eigenvalue weighted by molar-refractivity contribution is 8.18. The highest BCUT2D eigenvalue weighted by atomic mass is 35.5. The molecule has 83 heavy (non-hydrogen) atoms. The van der Waals surface area contributed by atoms with Crippen molar-refractivity contribution >= 4 is 104 Å². The number of hydrogen-bond donors (Lipinski definition) is 2. The topological polar surface area (TPSA) is 160 Å². The third kappa shape index (κ3) is 13.6. The van der Waals surface area contributed by atoms with Crippen molar-refractivity contribution in [3.05, 3.63) is 161 Å². The summed E-state index contributed by atoms with van der Waals surface area (Å²) in [5, 5.41) is 17.1. The van der Waals surface area contributed by atoms with Crippen molar-refractivity contribution < 1.29 is 33.8 Å². The molecule has 6 aliphatic heterocycles. The predicted octanol–water partition coefficient (Wildman–Crippen LogP) is 12.5. The third-order valence-corrected chi connectivity index (χ3v) is 19.0. The van der Waals surface area contributed by atoms with Crippen molar-refractivity contribution in [2.75, 3.05) is 67.7 Å². The van der Waals surface area contributed by atoms with E-state index in [1.54, 1.807) is 36.0 Å². The number of carboxylic acids is 1. The maximum atomic E-state index is 14.2. The molecule has 6 aliphatic rings. The van der Waals surface area contributed by atoms with E-state index in [2.05, 4.69) is 42.8 Å². The number of benzene rings is 4. The van der Waals surface area contributed by atoms with E-state index in [4.69, 9.17) is 65.9 Å². The molecule has 0 aromatic heterocycles. The summed E-state index contributed by atoms with van der Waals surface area (Å²) >= 11 is 27.4. The molecule has 0 saturated carbocycles. The predicted molar refractivity (Wildman–Crippen MR) is 336 cm³/mol. The van der Waals surface area contributed by atoms with Crippen molar-refractivity contribution in [3.63, 3.8) is 0 Å². The van der Waals surface area contributed by atoms with Gasteiger partial charge in [-0.25, -0.2) is 14.8 Å². The normalized spacial score (nSPS) is 23.4. The van der Waals surface area contributed by atoms with Crippen molar-refractivity contribution in [2.45, 2.75) is 102 Å². The van der Waals surface area contributed by atoms with Crippen LogP contribution >= 0.6 is 69.9 Å². The lowest BCUT2D eigenvalue weighted by atomic mass is 9.81. The average Bonchev–Trinajstić information content (AvgIpc) is 1.81. The number of ether oxygens (including phenoxy) is 2. The van der Waals surface area contributed by atoms with Gasteiger partial charge in [0.1, 0.15) is 26.9 Å². The van der Waals surface area contributed by atoms with Crippen LogP contribution in [0.4, 0.5) is 0 Å². The van der Waals surface area contributed by atoms with Crippen LogP contribution in [0.3, 0.4) is 0 Å². The molecule has 0 bridgehead atoms. The number of nitrogens with zero attached hydrogens (tertiary/aromatic N) is 7. The maximum Gasteiger partial charge on any atom is 0.344 e. The van der Waals surface area contributed by atoms with Gasteiger partial charge in [-0.1, -0.05) is 123 Å². The number of allylic oxidation sites excluding steroid dienone is 2. The number of carbonyl (C=O) groups excluding carboxylic acids is 3. The highest BCUT2D eigenvalue weighted by Crippen LogP contribution is 2.58. The second-order valence-corrected chi connectivity index (χ2v) is 26.0. The van der Waals surface area contributed by atoms with E-state index >= 15 is 0 Å². The van der Waals surface area contributed by atoms with Crippen LogP contribution in [0.5, 0.6) is 0 Å². The Kier molecular flexibility index (Phi) is 21.2. The van der Waals surface area contributed by atoms with Gasteiger partial charge in [0.05, 0.1) is 31.3 Å². The number of fused-ring (bicyclic) bond motifs is 2. The number of thioether (sulfide) groups is 2. The molecule has 2 fully saturated rings. The number of hydrogen-bond acceptors (Lipinski definition) is 13. The van der Waals surface area contributed by atoms with Gasteiger partial charge in [0.2, 0.25) is 11.8 Å². The average molecular weight is 1250 g/mol. The molecule has 6 atom stereocenters. The van der Waals surface area contributed by atoms with Gasteiger partial charge in [-0.05, 0) is 152 Å². The number of rotatable bonds is 16. The number of halogens is 4. The summed E-state index contributed by atoms with van der Waals surface area (Å²) in [6.45, 7) is 16.2. The molecule has 21 heteroatoms. The lowest BCUT2D eigenvalue weighted by molar-refractivity contribution is -0.141. The first-order valence-electron chi connectivity index (χ1n) is 27.9. The lowest BCUT2D eigenvalue weighted by Crippen LogP contribution is -2.47. The van der Waals surface area contributed by atoms with E-state index in [0.717, 1.165) is 64.6 Å². The summed E-state index contributed by atoms with van der Waals surface area (Å²) in [5.41, 5.74) is 4.61. The van der Waals surface area contributed by atoms with E-state index in [1.807, 2.05) is 118 Å². The summed E-state index contributed by atoms with van der Waals surface area (Å²) in [6.07, 6.45) is 3.52. The molecule has 3 amide bonds. The number of likely N-dealkylation sites (tertiary alicyclic amines) is 1. The summed E-state index contributed by atoms with van der Waals surface area (Å²) in [7, 11) is 6.85. The zero-order valence-corrected chi connectivity index (χ0v) is 53.3. The van der Waals surface area contributed by atoms with Crippen molar-refractivity contribution in [1.82, 2.24) is 29.8 Å². The van der Waals surface area contributed by atoms with Crippen LogP contribution in [0, 0.1) is 11.8 Å². The number of nitrogens with one attached hydrogen (secondary N) is 1. The fourth-order valence-corrected chi connectivity index (χ4v) is 14.7. The van der Waals surface area contributed by atoms with Crippen LogP contribution < -0.4 is 5.32 Å². The van der Waals surface area contributed by atoms with Gasteiger partial charge in [0.25, 0.3) is 5.91 Å². The van der Waals surface area contributed by atoms with Crippen LogP contribution in [-0.4, -0.2) is 143 Å². The molecule has 0 radical (unpaired) electrons. The first-order valence-corrected chi connectivity index (χ1v) is 31.1. The number of amides is 3. The van der Waals surface area contributed by atoms with E-state index in [-0.39, 0.29) is 47.7 Å². The number of amidine groups is 2. The van der Waals surface area contributed by atoms with Crippen molar-refractivity contribution in [1.29, 1.82) is 0 Å². The van der Waals surface area contributed by atoms with E-state index < -0.39 is 23.1 Å². The molecule has 6 heterocycles. The number of methoxy groups -OCH3 is 2. The van der Waals surface area contributed by atoms with Crippen LogP contribution in [0.1, 0.15) is 102 Å². The monoisotopic (exact) mass is 1250 g/mol. The Labute approximate surface area is 516 Å². The Balaban J connectivity index is 0.000000185. The van der Waals surface area contributed by atoms with Gasteiger partial charge < -0.3 is 44.4 Å². The minimum Gasteiger partial charge on any atom is -0.477 e. The smallest absolute Gasteiger partial charge is 0.344 e. The Hall–Kier alpha value is -5.08. The molecule has 444 valence electrons. The molecule has 10 rings (SSSR count). The molecule has 15 nitrogen and oxygen atoms in total. The largest absolute Gasteiger partial charge is 0.477 e. The van der Waals surface area contributed by atoms with Crippen molar-refractivity contribution in [3.8, 4) is 0 Å². The number of likely N-dealkylation sites (N-methyl/N-ethyl adjacent to an activating group) is 2. The van der Waals surface area contributed by atoms with Crippen molar-refractivity contribution in [2.24, 2.45) is 21.8 Å². The molecule has 0 spiro atoms. The van der Waals surface area contributed by atoms with Crippen LogP contribution in [0.15, 0.2) is 128 Å². The fourth-order valence-electron chi connectivity index (χ4n) is 11.6. The number of carbonyl (C=O) groups is 4. The van der Waals surface area contributed by atoms with E-state index in [1.165, 1.54) is 23.5 Å². The highest BCUT2D eigenvalue weighted by Gasteiger charge is 2.55. The third-order valence-electron chi connectivity index (χ3n) is 15.9. The molecule has 0 unspecified atom stereocenters. The van der Waals surface area contributed by atoms with E-state index in [0.29, 0.717) is 74.3 Å². The standard InChI is InChI=1S/C31H36Cl2N4O3S.C22H20Cl2N2O2S.C9H18N2O2/c1-19(2)25-26(29(39)36-16-6-7-24(36)28(38)35(4)17-18-40-5)41-30-34-31(3,21-10-14-23(33)15-11-21)27(37(25)30)20-8-12-22(32)13-9-20;1-12(2)17-18(20(27)28)29-21-25-22(3,14-6-10-16(24)11-7-14)19(26(17)21)13-4-8-15(23)9-5-13;1-11(6-7-13-2)9(12)8-4-3-5-10-8/h8-15,19,24,27H,6-7,16-18H2,1-5H3;4-12,19H,1-3H3,(H,27,28);8,10H,3-7H2,1-2H3/t24-,27+,31-;19-,22+;8-/m010/s1. The molecule has 4 aromatic rings.